The summed E-state index contributed by atoms with van der Waals surface area (Å²) in [6, 6.07) is 4.63. The maximum absolute atomic E-state index is 11.5. The van der Waals surface area contributed by atoms with Gasteiger partial charge < -0.3 is 25.6 Å². The topological polar surface area (TPSA) is 108 Å². The number of carbonyl (C=O) groups is 2. The second-order valence-electron chi connectivity index (χ2n) is 3.63. The van der Waals surface area contributed by atoms with E-state index in [2.05, 4.69) is 10.6 Å². The van der Waals surface area contributed by atoms with Gasteiger partial charge in [0.05, 0.1) is 13.2 Å². The highest BCUT2D eigenvalue weighted by Crippen LogP contribution is 2.17. The van der Waals surface area contributed by atoms with Crippen LogP contribution in [-0.4, -0.2) is 41.5 Å². The zero-order valence-corrected chi connectivity index (χ0v) is 10.4. The number of carboxylic acid groups (broad SMARTS) is 1. The van der Waals surface area contributed by atoms with Crippen molar-refractivity contribution in [2.75, 3.05) is 18.5 Å². The molecule has 0 heterocycles. The minimum atomic E-state index is -1.34. The van der Waals surface area contributed by atoms with Crippen molar-refractivity contribution in [3.8, 4) is 5.75 Å². The Kier molecular flexibility index (Phi) is 5.62. The molecule has 104 valence electrons. The molecule has 0 fully saturated rings. The smallest absolute Gasteiger partial charge is 0.328 e. The van der Waals surface area contributed by atoms with Gasteiger partial charge in [0.1, 0.15) is 5.75 Å². The fourth-order valence-electron chi connectivity index (χ4n) is 1.34. The van der Waals surface area contributed by atoms with Crippen LogP contribution in [-0.2, 0) is 4.79 Å². The Bertz CT molecular complexity index is 450. The fourth-order valence-corrected chi connectivity index (χ4v) is 1.34. The monoisotopic (exact) mass is 268 g/mol. The Balaban J connectivity index is 2.61. The molecule has 0 saturated carbocycles. The molecule has 4 N–H and O–H groups in total. The molecule has 0 aromatic heterocycles. The highest BCUT2D eigenvalue weighted by atomic mass is 16.5. The zero-order chi connectivity index (χ0) is 14.3. The predicted molar refractivity (Wildman–Crippen MR) is 68.3 cm³/mol. The number of carbonyl (C=O) groups excluding carboxylic acids is 1. The Hall–Kier alpha value is -2.28. The van der Waals surface area contributed by atoms with E-state index >= 15 is 0 Å². The van der Waals surface area contributed by atoms with E-state index in [4.69, 9.17) is 14.9 Å². The van der Waals surface area contributed by atoms with Crippen LogP contribution in [0.4, 0.5) is 10.5 Å². The van der Waals surface area contributed by atoms with E-state index < -0.39 is 24.6 Å². The summed E-state index contributed by atoms with van der Waals surface area (Å²) in [4.78, 5) is 22.2. The molecule has 1 atom stereocenters. The number of amides is 2. The lowest BCUT2D eigenvalue weighted by Gasteiger charge is -2.13. The summed E-state index contributed by atoms with van der Waals surface area (Å²) in [6.07, 6.45) is 0. The van der Waals surface area contributed by atoms with Crippen LogP contribution >= 0.6 is 0 Å². The number of benzene rings is 1. The zero-order valence-electron chi connectivity index (χ0n) is 10.4. The van der Waals surface area contributed by atoms with E-state index in [9.17, 15) is 9.59 Å². The molecule has 0 bridgehead atoms. The van der Waals surface area contributed by atoms with Crippen molar-refractivity contribution in [3.05, 3.63) is 24.3 Å². The van der Waals surface area contributed by atoms with Gasteiger partial charge in [-0.25, -0.2) is 9.59 Å². The van der Waals surface area contributed by atoms with Crippen LogP contribution in [0.15, 0.2) is 24.3 Å². The largest absolute Gasteiger partial charge is 0.494 e. The van der Waals surface area contributed by atoms with E-state index in [0.29, 0.717) is 18.0 Å². The average molecular weight is 268 g/mol. The van der Waals surface area contributed by atoms with Crippen molar-refractivity contribution >= 4 is 17.7 Å². The van der Waals surface area contributed by atoms with Crippen LogP contribution < -0.4 is 15.4 Å². The Labute approximate surface area is 110 Å². The number of hydrogen-bond donors (Lipinski definition) is 4. The summed E-state index contributed by atoms with van der Waals surface area (Å²) in [6.45, 7) is 1.66. The molecular formula is C12H16N2O5. The molecule has 0 aliphatic carbocycles. The molecule has 0 aliphatic heterocycles. The molecule has 19 heavy (non-hydrogen) atoms. The molecular weight excluding hydrogens is 252 g/mol. The van der Waals surface area contributed by atoms with E-state index in [1.807, 2.05) is 6.92 Å². The number of hydrogen-bond acceptors (Lipinski definition) is 4. The summed E-state index contributed by atoms with van der Waals surface area (Å²) >= 11 is 0. The summed E-state index contributed by atoms with van der Waals surface area (Å²) in [5, 5.41) is 22.0. The highest BCUT2D eigenvalue weighted by molar-refractivity contribution is 5.92. The van der Waals surface area contributed by atoms with Crippen molar-refractivity contribution in [2.45, 2.75) is 13.0 Å². The lowest BCUT2D eigenvalue weighted by molar-refractivity contribution is -0.140. The van der Waals surface area contributed by atoms with Crippen molar-refractivity contribution in [1.82, 2.24) is 5.32 Å². The third-order valence-corrected chi connectivity index (χ3v) is 2.19. The first-order valence-electron chi connectivity index (χ1n) is 5.70. The first-order chi connectivity index (χ1) is 9.06. The van der Waals surface area contributed by atoms with Gasteiger partial charge in [-0.15, -0.1) is 0 Å². The van der Waals surface area contributed by atoms with Gasteiger partial charge in [0.15, 0.2) is 6.04 Å². The Morgan fingerprint density at radius 1 is 1.42 bits per heavy atom. The summed E-state index contributed by atoms with van der Waals surface area (Å²) in [5.74, 6) is -0.710. The SMILES string of the molecule is CCOc1cccc(NC(=O)N[C@H](CO)C(=O)O)c1. The molecule has 7 nitrogen and oxygen atoms in total. The Morgan fingerprint density at radius 2 is 2.16 bits per heavy atom. The normalized spacial score (nSPS) is 11.5. The number of aliphatic carboxylic acids is 1. The number of aliphatic hydroxyl groups is 1. The molecule has 7 heteroatoms. The second-order valence-corrected chi connectivity index (χ2v) is 3.63. The second kappa shape index (κ2) is 7.22. The predicted octanol–water partition coefficient (Wildman–Crippen LogP) is 0.652. The van der Waals surface area contributed by atoms with Gasteiger partial charge in [-0.3, -0.25) is 0 Å². The summed E-state index contributed by atoms with van der Waals surface area (Å²) < 4.78 is 5.26. The van der Waals surface area contributed by atoms with Gasteiger partial charge in [0, 0.05) is 11.8 Å². The minimum Gasteiger partial charge on any atom is -0.494 e. The van der Waals surface area contributed by atoms with E-state index in [1.165, 1.54) is 0 Å². The van der Waals surface area contributed by atoms with Gasteiger partial charge in [0.2, 0.25) is 0 Å². The molecule has 0 spiro atoms. The van der Waals surface area contributed by atoms with E-state index in [1.54, 1.807) is 24.3 Å². The number of carboxylic acids is 1. The number of nitrogens with one attached hydrogen (secondary N) is 2. The fraction of sp³-hybridized carbons (Fsp3) is 0.333. The maximum Gasteiger partial charge on any atom is 0.328 e. The van der Waals surface area contributed by atoms with Gasteiger partial charge in [0.25, 0.3) is 0 Å². The number of rotatable bonds is 6. The highest BCUT2D eigenvalue weighted by Gasteiger charge is 2.18. The van der Waals surface area contributed by atoms with E-state index in [-0.39, 0.29) is 0 Å². The molecule has 0 unspecified atom stereocenters. The lowest BCUT2D eigenvalue weighted by Crippen LogP contribution is -2.45. The average Bonchev–Trinajstić information content (AvgIpc) is 2.36. The third kappa shape index (κ3) is 4.84. The standard InChI is InChI=1S/C12H16N2O5/c1-2-19-9-5-3-4-8(6-9)13-12(18)14-10(7-15)11(16)17/h3-6,10,15H,2,7H2,1H3,(H,16,17)(H2,13,14,18)/t10-/m1/s1. The number of aliphatic hydroxyl groups excluding tert-OH is 1. The molecule has 0 saturated heterocycles. The van der Waals surface area contributed by atoms with Crippen molar-refractivity contribution in [2.24, 2.45) is 0 Å². The molecule has 1 aromatic rings. The number of urea groups is 1. The minimum absolute atomic E-state index is 0.463. The van der Waals surface area contributed by atoms with Gasteiger partial charge in [-0.2, -0.15) is 0 Å². The van der Waals surface area contributed by atoms with Crippen LogP contribution in [0.2, 0.25) is 0 Å². The molecule has 0 aliphatic rings. The van der Waals surface area contributed by atoms with Gasteiger partial charge in [-0.05, 0) is 19.1 Å². The van der Waals surface area contributed by atoms with E-state index in [0.717, 1.165) is 0 Å². The van der Waals surface area contributed by atoms with Crippen LogP contribution in [0.1, 0.15) is 6.92 Å². The van der Waals surface area contributed by atoms with Crippen LogP contribution in [0.5, 0.6) is 5.75 Å². The summed E-state index contributed by atoms with van der Waals surface area (Å²) in [7, 11) is 0. The van der Waals surface area contributed by atoms with Crippen LogP contribution in [0.3, 0.4) is 0 Å². The lowest BCUT2D eigenvalue weighted by atomic mass is 10.3. The number of ether oxygens (including phenoxy) is 1. The maximum atomic E-state index is 11.5. The van der Waals surface area contributed by atoms with Crippen molar-refractivity contribution < 1.29 is 24.5 Å². The summed E-state index contributed by atoms with van der Waals surface area (Å²) in [5.41, 5.74) is 0.463. The van der Waals surface area contributed by atoms with Crippen LogP contribution in [0.25, 0.3) is 0 Å². The van der Waals surface area contributed by atoms with Crippen molar-refractivity contribution in [3.63, 3.8) is 0 Å². The van der Waals surface area contributed by atoms with Gasteiger partial charge in [-0.1, -0.05) is 6.07 Å². The van der Waals surface area contributed by atoms with Gasteiger partial charge >= 0.3 is 12.0 Å². The van der Waals surface area contributed by atoms with Crippen LogP contribution in [0, 0.1) is 0 Å². The first-order valence-corrected chi connectivity index (χ1v) is 5.70. The molecule has 1 rings (SSSR count). The molecule has 0 radical (unpaired) electrons. The molecule has 2 amide bonds. The van der Waals surface area contributed by atoms with Crippen molar-refractivity contribution in [1.29, 1.82) is 0 Å². The molecule has 1 aromatic carbocycles. The first kappa shape index (κ1) is 14.8. The Morgan fingerprint density at radius 3 is 2.74 bits per heavy atom. The quantitative estimate of drug-likeness (QED) is 0.606. The third-order valence-electron chi connectivity index (χ3n) is 2.19. The number of anilines is 1.